The van der Waals surface area contributed by atoms with Crippen molar-refractivity contribution in [3.8, 4) is 0 Å². The highest BCUT2D eigenvalue weighted by molar-refractivity contribution is 5.58. The molecule has 1 N–H and O–H groups in total. The average molecular weight is 309 g/mol. The van der Waals surface area contributed by atoms with Gasteiger partial charge in [0.15, 0.2) is 5.69 Å². The number of H-pyrrole nitrogens is 1. The van der Waals surface area contributed by atoms with Crippen LogP contribution in [0.4, 0.5) is 18.9 Å². The number of nitrogens with one attached hydrogen (secondary N) is 1. The minimum absolute atomic E-state index is 0.0754. The summed E-state index contributed by atoms with van der Waals surface area (Å²) in [6.07, 6.45) is -3.58. The van der Waals surface area contributed by atoms with E-state index in [-0.39, 0.29) is 17.6 Å². The fourth-order valence-corrected chi connectivity index (χ4v) is 3.56. The number of hydrogen-bond acceptors (Lipinski definition) is 2. The maximum atomic E-state index is 13.2. The van der Waals surface area contributed by atoms with Crippen LogP contribution in [0.2, 0.25) is 0 Å². The van der Waals surface area contributed by atoms with Crippen molar-refractivity contribution in [3.05, 3.63) is 46.8 Å². The third-order valence-electron chi connectivity index (χ3n) is 4.41. The molecular formula is C16H18F3N3. The predicted octanol–water partition coefficient (Wildman–Crippen LogP) is 4.11. The summed E-state index contributed by atoms with van der Waals surface area (Å²) in [5.41, 5.74) is 2.05. The smallest absolute Gasteiger partial charge is 0.364 e. The van der Waals surface area contributed by atoms with Gasteiger partial charge in [0.2, 0.25) is 0 Å². The van der Waals surface area contributed by atoms with Crippen molar-refractivity contribution in [2.75, 3.05) is 11.9 Å². The highest BCUT2D eigenvalue weighted by atomic mass is 19.4. The highest BCUT2D eigenvalue weighted by Gasteiger charge is 2.41. The van der Waals surface area contributed by atoms with Gasteiger partial charge in [-0.2, -0.15) is 18.3 Å². The topological polar surface area (TPSA) is 31.9 Å². The van der Waals surface area contributed by atoms with Crippen molar-refractivity contribution < 1.29 is 13.2 Å². The van der Waals surface area contributed by atoms with Crippen LogP contribution in [0.1, 0.15) is 35.5 Å². The first-order valence-corrected chi connectivity index (χ1v) is 7.23. The average Bonchev–Trinajstić information content (AvgIpc) is 2.97. The van der Waals surface area contributed by atoms with Crippen molar-refractivity contribution in [3.63, 3.8) is 0 Å². The SMILES string of the molecule is Cc1[nH]nc(C(F)(F)F)c1N(C)C1c2ccccc2CC1C. The molecule has 1 aromatic carbocycles. The third kappa shape index (κ3) is 2.26. The summed E-state index contributed by atoms with van der Waals surface area (Å²) in [5, 5.41) is 5.94. The number of benzene rings is 1. The van der Waals surface area contributed by atoms with Crippen molar-refractivity contribution in [2.24, 2.45) is 5.92 Å². The number of hydrogen-bond donors (Lipinski definition) is 1. The van der Waals surface area contributed by atoms with Crippen LogP contribution in [0.5, 0.6) is 0 Å². The molecule has 1 aromatic heterocycles. The van der Waals surface area contributed by atoms with Crippen LogP contribution < -0.4 is 4.90 Å². The molecule has 6 heteroatoms. The van der Waals surface area contributed by atoms with E-state index in [4.69, 9.17) is 0 Å². The van der Waals surface area contributed by atoms with Crippen molar-refractivity contribution in [1.29, 1.82) is 0 Å². The number of aromatic nitrogens is 2. The highest BCUT2D eigenvalue weighted by Crippen LogP contribution is 2.45. The summed E-state index contributed by atoms with van der Waals surface area (Å²) in [6.45, 7) is 3.70. The lowest BCUT2D eigenvalue weighted by atomic mass is 10.0. The lowest BCUT2D eigenvalue weighted by molar-refractivity contribution is -0.140. The van der Waals surface area contributed by atoms with Crippen molar-refractivity contribution in [1.82, 2.24) is 10.2 Å². The second kappa shape index (κ2) is 5.04. The molecule has 3 nitrogen and oxygen atoms in total. The summed E-state index contributed by atoms with van der Waals surface area (Å²) in [4.78, 5) is 1.72. The maximum Gasteiger partial charge on any atom is 0.437 e. The summed E-state index contributed by atoms with van der Waals surface area (Å²) in [7, 11) is 1.72. The molecule has 3 rings (SSSR count). The molecule has 0 saturated carbocycles. The van der Waals surface area contributed by atoms with Crippen LogP contribution in [0.3, 0.4) is 0 Å². The second-order valence-corrected chi connectivity index (χ2v) is 5.98. The normalized spacial score (nSPS) is 21.0. The monoisotopic (exact) mass is 309 g/mol. The molecule has 0 spiro atoms. The van der Waals surface area contributed by atoms with Crippen LogP contribution in [0, 0.1) is 12.8 Å². The van der Waals surface area contributed by atoms with Crippen LogP contribution >= 0.6 is 0 Å². The fourth-order valence-electron chi connectivity index (χ4n) is 3.56. The third-order valence-corrected chi connectivity index (χ3v) is 4.41. The zero-order chi connectivity index (χ0) is 16.1. The molecule has 118 valence electrons. The first kappa shape index (κ1) is 14.9. The molecule has 0 fully saturated rings. The molecule has 1 aliphatic carbocycles. The van der Waals surface area contributed by atoms with Gasteiger partial charge in [-0.1, -0.05) is 31.2 Å². The Balaban J connectivity index is 2.06. The van der Waals surface area contributed by atoms with Crippen LogP contribution in [0.15, 0.2) is 24.3 Å². The molecular weight excluding hydrogens is 291 g/mol. The van der Waals surface area contributed by atoms with E-state index in [1.807, 2.05) is 24.3 Å². The number of halogens is 3. The van der Waals surface area contributed by atoms with Gasteiger partial charge in [-0.15, -0.1) is 0 Å². The number of nitrogens with zero attached hydrogens (tertiary/aromatic N) is 2. The van der Waals surface area contributed by atoms with Crippen molar-refractivity contribution in [2.45, 2.75) is 32.5 Å². The van der Waals surface area contributed by atoms with E-state index in [1.165, 1.54) is 5.56 Å². The molecule has 0 amide bonds. The zero-order valence-electron chi connectivity index (χ0n) is 12.7. The van der Waals surface area contributed by atoms with E-state index in [9.17, 15) is 13.2 Å². The van der Waals surface area contributed by atoms with E-state index >= 15 is 0 Å². The van der Waals surface area contributed by atoms with Gasteiger partial charge in [0.05, 0.1) is 17.4 Å². The minimum atomic E-state index is -4.46. The molecule has 0 bridgehead atoms. The summed E-state index contributed by atoms with van der Waals surface area (Å²) < 4.78 is 39.6. The molecule has 2 atom stereocenters. The van der Waals surface area contributed by atoms with Gasteiger partial charge in [-0.25, -0.2) is 0 Å². The van der Waals surface area contributed by atoms with Crippen LogP contribution in [-0.2, 0) is 12.6 Å². The number of rotatable bonds is 2. The number of aromatic amines is 1. The second-order valence-electron chi connectivity index (χ2n) is 5.98. The van der Waals surface area contributed by atoms with E-state index in [0.717, 1.165) is 12.0 Å². The Labute approximate surface area is 127 Å². The van der Waals surface area contributed by atoms with Gasteiger partial charge in [0.1, 0.15) is 0 Å². The lowest BCUT2D eigenvalue weighted by Gasteiger charge is -2.31. The zero-order valence-corrected chi connectivity index (χ0v) is 12.7. The number of aryl methyl sites for hydroxylation is 1. The van der Waals surface area contributed by atoms with Crippen LogP contribution in [-0.4, -0.2) is 17.2 Å². The fraction of sp³-hybridized carbons (Fsp3) is 0.438. The van der Waals surface area contributed by atoms with E-state index < -0.39 is 11.9 Å². The number of alkyl halides is 3. The minimum Gasteiger partial charge on any atom is -0.364 e. The van der Waals surface area contributed by atoms with Gasteiger partial charge in [0, 0.05) is 7.05 Å². The first-order chi connectivity index (χ1) is 10.3. The molecule has 22 heavy (non-hydrogen) atoms. The number of anilines is 1. The summed E-state index contributed by atoms with van der Waals surface area (Å²) >= 11 is 0. The van der Waals surface area contributed by atoms with Crippen molar-refractivity contribution >= 4 is 5.69 Å². The molecule has 0 radical (unpaired) electrons. The predicted molar refractivity (Wildman–Crippen MR) is 78.8 cm³/mol. The molecule has 0 saturated heterocycles. The Kier molecular flexibility index (Phi) is 3.42. The van der Waals surface area contributed by atoms with Crippen LogP contribution in [0.25, 0.3) is 0 Å². The molecule has 2 aromatic rings. The van der Waals surface area contributed by atoms with Gasteiger partial charge in [-0.05, 0) is 30.4 Å². The molecule has 0 aliphatic heterocycles. The quantitative estimate of drug-likeness (QED) is 0.905. The van der Waals surface area contributed by atoms with Gasteiger partial charge in [0.25, 0.3) is 0 Å². The van der Waals surface area contributed by atoms with Gasteiger partial charge in [-0.3, -0.25) is 5.10 Å². The Morgan fingerprint density at radius 2 is 1.95 bits per heavy atom. The lowest BCUT2D eigenvalue weighted by Crippen LogP contribution is -2.29. The first-order valence-electron chi connectivity index (χ1n) is 7.23. The summed E-state index contributed by atoms with van der Waals surface area (Å²) in [6, 6.07) is 7.88. The Morgan fingerprint density at radius 3 is 2.64 bits per heavy atom. The van der Waals surface area contributed by atoms with Gasteiger partial charge >= 0.3 is 6.18 Å². The molecule has 2 unspecified atom stereocenters. The molecule has 1 heterocycles. The maximum absolute atomic E-state index is 13.2. The van der Waals surface area contributed by atoms with E-state index in [0.29, 0.717) is 5.69 Å². The van der Waals surface area contributed by atoms with E-state index in [2.05, 4.69) is 17.1 Å². The van der Waals surface area contributed by atoms with E-state index in [1.54, 1.807) is 18.9 Å². The Morgan fingerprint density at radius 1 is 1.27 bits per heavy atom. The Bertz CT molecular complexity index is 690. The largest absolute Gasteiger partial charge is 0.437 e. The number of fused-ring (bicyclic) bond motifs is 1. The van der Waals surface area contributed by atoms with Gasteiger partial charge < -0.3 is 4.90 Å². The Hall–Kier alpha value is -1.98. The molecule has 1 aliphatic rings. The summed E-state index contributed by atoms with van der Waals surface area (Å²) in [5.74, 6) is 0.248. The standard InChI is InChI=1S/C16H18F3N3/c1-9-8-11-6-4-5-7-12(11)13(9)22(3)14-10(2)20-21-15(14)16(17,18)19/h4-7,9,13H,8H2,1-3H3,(H,20,21).